The predicted octanol–water partition coefficient (Wildman–Crippen LogP) is 3.84. The molecule has 0 heterocycles. The minimum atomic E-state index is -0.172. The summed E-state index contributed by atoms with van der Waals surface area (Å²) < 4.78 is 4.95. The number of alkyl halides is 1. The second-order valence-corrected chi connectivity index (χ2v) is 4.69. The number of hydrogen-bond acceptors (Lipinski definition) is 2. The average Bonchev–Trinajstić information content (AvgIpc) is 2.38. The van der Waals surface area contributed by atoms with Crippen LogP contribution in [-0.2, 0) is 21.3 Å². The quantitative estimate of drug-likeness (QED) is 0.633. The summed E-state index contributed by atoms with van der Waals surface area (Å²) in [4.78, 5) is 11.4. The third-order valence-corrected chi connectivity index (χ3v) is 3.42. The topological polar surface area (TPSA) is 26.3 Å². The van der Waals surface area contributed by atoms with E-state index < -0.39 is 0 Å². The normalized spacial score (nSPS) is 10.6. The van der Waals surface area contributed by atoms with E-state index in [0.717, 1.165) is 16.3 Å². The highest BCUT2D eigenvalue weighted by atomic mass is 79.9. The molecule has 0 fully saturated rings. The zero-order valence-electron chi connectivity index (χ0n) is 10.3. The van der Waals surface area contributed by atoms with Crippen molar-refractivity contribution in [2.45, 2.75) is 18.7 Å². The Morgan fingerprint density at radius 3 is 2.33 bits per heavy atom. The van der Waals surface area contributed by atoms with Crippen LogP contribution in [0.2, 0.25) is 0 Å². The standard InChI is InChI=1S/C15H15BrO2/c1-2-18-15(17)9-11-3-5-14-8-12(10-16)4-6-13(14)7-11/h3-8H,2,9-10H2,1H3. The van der Waals surface area contributed by atoms with Gasteiger partial charge in [0.25, 0.3) is 0 Å². The lowest BCUT2D eigenvalue weighted by Gasteiger charge is -2.05. The SMILES string of the molecule is CCOC(=O)Cc1ccc2cc(CBr)ccc2c1. The molecule has 0 aliphatic heterocycles. The van der Waals surface area contributed by atoms with Crippen LogP contribution in [-0.4, -0.2) is 12.6 Å². The molecule has 0 aliphatic carbocycles. The number of ether oxygens (including phenoxy) is 1. The Morgan fingerprint density at radius 2 is 1.72 bits per heavy atom. The van der Waals surface area contributed by atoms with Crippen molar-refractivity contribution in [1.82, 2.24) is 0 Å². The number of carbonyl (C=O) groups is 1. The van der Waals surface area contributed by atoms with Crippen LogP contribution < -0.4 is 0 Å². The third kappa shape index (κ3) is 3.10. The van der Waals surface area contributed by atoms with Gasteiger partial charge in [-0.3, -0.25) is 4.79 Å². The molecule has 2 aromatic carbocycles. The Balaban J connectivity index is 2.25. The maximum Gasteiger partial charge on any atom is 0.310 e. The second-order valence-electron chi connectivity index (χ2n) is 4.13. The number of carbonyl (C=O) groups excluding carboxylic acids is 1. The van der Waals surface area contributed by atoms with Crippen molar-refractivity contribution in [2.75, 3.05) is 6.61 Å². The first kappa shape index (κ1) is 13.1. The molecule has 3 heteroatoms. The summed E-state index contributed by atoms with van der Waals surface area (Å²) in [5.74, 6) is -0.172. The van der Waals surface area contributed by atoms with Crippen LogP contribution in [0.5, 0.6) is 0 Å². The van der Waals surface area contributed by atoms with Crippen molar-refractivity contribution < 1.29 is 9.53 Å². The van der Waals surface area contributed by atoms with Crippen molar-refractivity contribution in [2.24, 2.45) is 0 Å². The van der Waals surface area contributed by atoms with Crippen molar-refractivity contribution in [1.29, 1.82) is 0 Å². The summed E-state index contributed by atoms with van der Waals surface area (Å²) in [6.07, 6.45) is 0.337. The Kier molecular flexibility index (Phi) is 4.37. The van der Waals surface area contributed by atoms with E-state index in [2.05, 4.69) is 40.2 Å². The van der Waals surface area contributed by atoms with Gasteiger partial charge < -0.3 is 4.74 Å². The molecule has 2 nitrogen and oxygen atoms in total. The zero-order valence-corrected chi connectivity index (χ0v) is 11.9. The molecule has 94 valence electrons. The Morgan fingerprint density at radius 1 is 1.11 bits per heavy atom. The van der Waals surface area contributed by atoms with Gasteiger partial charge in [0, 0.05) is 5.33 Å². The van der Waals surface area contributed by atoms with Gasteiger partial charge >= 0.3 is 5.97 Å². The number of halogens is 1. The van der Waals surface area contributed by atoms with Gasteiger partial charge in [-0.05, 0) is 28.8 Å². The average molecular weight is 307 g/mol. The van der Waals surface area contributed by atoms with Gasteiger partial charge in [0.1, 0.15) is 0 Å². The Bertz CT molecular complexity index is 563. The summed E-state index contributed by atoms with van der Waals surface area (Å²) in [6, 6.07) is 12.4. The van der Waals surface area contributed by atoms with Gasteiger partial charge in [0.15, 0.2) is 0 Å². The summed E-state index contributed by atoms with van der Waals surface area (Å²) in [6.45, 7) is 2.25. The van der Waals surface area contributed by atoms with Crippen LogP contribution in [0.1, 0.15) is 18.1 Å². The fourth-order valence-electron chi connectivity index (χ4n) is 1.92. The molecule has 0 aromatic heterocycles. The summed E-state index contributed by atoms with van der Waals surface area (Å²) in [7, 11) is 0. The molecule has 0 N–H and O–H groups in total. The maximum atomic E-state index is 11.4. The van der Waals surface area contributed by atoms with Crippen LogP contribution in [0.3, 0.4) is 0 Å². The van der Waals surface area contributed by atoms with Gasteiger partial charge in [-0.1, -0.05) is 52.3 Å². The molecule has 2 aromatic rings. The third-order valence-electron chi connectivity index (χ3n) is 2.78. The molecular formula is C15H15BrO2. The molecule has 0 saturated carbocycles. The number of benzene rings is 2. The molecule has 0 bridgehead atoms. The van der Waals surface area contributed by atoms with E-state index in [-0.39, 0.29) is 5.97 Å². The lowest BCUT2D eigenvalue weighted by atomic mass is 10.0. The van der Waals surface area contributed by atoms with Crippen LogP contribution in [0.25, 0.3) is 10.8 Å². The van der Waals surface area contributed by atoms with E-state index >= 15 is 0 Å². The van der Waals surface area contributed by atoms with Crippen molar-refractivity contribution in [3.05, 3.63) is 47.5 Å². The molecular weight excluding hydrogens is 292 g/mol. The number of hydrogen-bond donors (Lipinski definition) is 0. The molecule has 0 spiro atoms. The monoisotopic (exact) mass is 306 g/mol. The van der Waals surface area contributed by atoms with Crippen LogP contribution in [0, 0.1) is 0 Å². The first-order chi connectivity index (χ1) is 8.72. The summed E-state index contributed by atoms with van der Waals surface area (Å²) in [5.41, 5.74) is 2.24. The van der Waals surface area contributed by atoms with Gasteiger partial charge in [0.2, 0.25) is 0 Å². The number of fused-ring (bicyclic) bond motifs is 1. The van der Waals surface area contributed by atoms with E-state index in [0.29, 0.717) is 13.0 Å². The first-order valence-corrected chi connectivity index (χ1v) is 7.08. The summed E-state index contributed by atoms with van der Waals surface area (Å²) in [5, 5.41) is 3.20. The van der Waals surface area contributed by atoms with E-state index in [9.17, 15) is 4.79 Å². The number of rotatable bonds is 4. The second kappa shape index (κ2) is 6.01. The van der Waals surface area contributed by atoms with Crippen LogP contribution in [0.4, 0.5) is 0 Å². The van der Waals surface area contributed by atoms with E-state index in [1.165, 1.54) is 10.9 Å². The maximum absolute atomic E-state index is 11.4. The number of esters is 1. The van der Waals surface area contributed by atoms with Crippen LogP contribution >= 0.6 is 15.9 Å². The first-order valence-electron chi connectivity index (χ1n) is 5.96. The minimum Gasteiger partial charge on any atom is -0.466 e. The van der Waals surface area contributed by atoms with Gasteiger partial charge in [-0.2, -0.15) is 0 Å². The molecule has 0 saturated heterocycles. The lowest BCUT2D eigenvalue weighted by Crippen LogP contribution is -2.07. The van der Waals surface area contributed by atoms with E-state index in [1.807, 2.05) is 19.1 Å². The molecule has 2 rings (SSSR count). The van der Waals surface area contributed by atoms with E-state index in [4.69, 9.17) is 4.74 Å². The van der Waals surface area contributed by atoms with Gasteiger partial charge in [0.05, 0.1) is 13.0 Å². The molecule has 0 aliphatic rings. The Labute approximate surface area is 115 Å². The minimum absolute atomic E-state index is 0.172. The van der Waals surface area contributed by atoms with Crippen molar-refractivity contribution >= 4 is 32.7 Å². The van der Waals surface area contributed by atoms with Crippen molar-refractivity contribution in [3.8, 4) is 0 Å². The molecule has 0 unspecified atom stereocenters. The fourth-order valence-corrected chi connectivity index (χ4v) is 2.27. The van der Waals surface area contributed by atoms with Crippen LogP contribution in [0.15, 0.2) is 36.4 Å². The summed E-state index contributed by atoms with van der Waals surface area (Å²) >= 11 is 3.45. The smallest absolute Gasteiger partial charge is 0.310 e. The van der Waals surface area contributed by atoms with Gasteiger partial charge in [-0.15, -0.1) is 0 Å². The zero-order chi connectivity index (χ0) is 13.0. The Hall–Kier alpha value is -1.35. The van der Waals surface area contributed by atoms with E-state index in [1.54, 1.807) is 0 Å². The molecule has 18 heavy (non-hydrogen) atoms. The fraction of sp³-hybridized carbons (Fsp3) is 0.267. The predicted molar refractivity (Wildman–Crippen MR) is 76.9 cm³/mol. The largest absolute Gasteiger partial charge is 0.466 e. The molecule has 0 radical (unpaired) electrons. The molecule has 0 atom stereocenters. The van der Waals surface area contributed by atoms with Gasteiger partial charge in [-0.25, -0.2) is 0 Å². The highest BCUT2D eigenvalue weighted by Gasteiger charge is 2.04. The lowest BCUT2D eigenvalue weighted by molar-refractivity contribution is -0.142. The molecule has 0 amide bonds. The highest BCUT2D eigenvalue weighted by Crippen LogP contribution is 2.19. The van der Waals surface area contributed by atoms with Crippen molar-refractivity contribution in [3.63, 3.8) is 0 Å². The highest BCUT2D eigenvalue weighted by molar-refractivity contribution is 9.08.